The van der Waals surface area contributed by atoms with Gasteiger partial charge in [-0.25, -0.2) is 0 Å². The van der Waals surface area contributed by atoms with E-state index < -0.39 is 0 Å². The molecule has 0 unspecified atom stereocenters. The molecule has 0 aromatic rings. The fraction of sp³-hybridized carbons (Fsp3) is 1.00. The topological polar surface area (TPSA) is 34.0 Å². The van der Waals surface area contributed by atoms with Gasteiger partial charge in [0.1, 0.15) is 6.61 Å². The van der Waals surface area contributed by atoms with Crippen molar-refractivity contribution in [3.05, 3.63) is 0 Å². The van der Waals surface area contributed by atoms with Crippen LogP contribution in [0, 0.1) is 0 Å². The highest BCUT2D eigenvalue weighted by Gasteiger charge is 1.92. The molecule has 1 heterocycles. The molecule has 0 aromatic carbocycles. The van der Waals surface area contributed by atoms with Crippen molar-refractivity contribution in [3.8, 4) is 0 Å². The van der Waals surface area contributed by atoms with Gasteiger partial charge < -0.3 is 4.84 Å². The van der Waals surface area contributed by atoms with Gasteiger partial charge in [0.05, 0.1) is 6.54 Å². The molecule has 0 aliphatic carbocycles. The summed E-state index contributed by atoms with van der Waals surface area (Å²) in [5.41, 5.74) is 0. The van der Waals surface area contributed by atoms with Crippen LogP contribution in [0.5, 0.6) is 0 Å². The van der Waals surface area contributed by atoms with Crippen LogP contribution < -0.4 is 0 Å². The lowest BCUT2D eigenvalue weighted by molar-refractivity contribution is 0.121. The van der Waals surface area contributed by atoms with Gasteiger partial charge in [-0.05, 0) is 19.3 Å². The van der Waals surface area contributed by atoms with Crippen LogP contribution in [0.15, 0.2) is 10.4 Å². The van der Waals surface area contributed by atoms with Gasteiger partial charge in [0, 0.05) is 5.28 Å². The molecule has 0 saturated carbocycles. The zero-order valence-corrected chi connectivity index (χ0v) is 5.55. The third-order valence-corrected chi connectivity index (χ3v) is 1.36. The maximum atomic E-state index is 4.81. The molecule has 3 heteroatoms. The number of hydrogen-bond acceptors (Lipinski definition) is 3. The van der Waals surface area contributed by atoms with E-state index in [2.05, 4.69) is 10.4 Å². The Morgan fingerprint density at radius 1 is 1.00 bits per heavy atom. The predicted molar refractivity (Wildman–Crippen MR) is 34.1 cm³/mol. The molecule has 0 N–H and O–H groups in total. The lowest BCUT2D eigenvalue weighted by Gasteiger charge is -1.93. The van der Waals surface area contributed by atoms with Crippen molar-refractivity contribution in [1.82, 2.24) is 0 Å². The van der Waals surface area contributed by atoms with Gasteiger partial charge >= 0.3 is 0 Å². The smallest absolute Gasteiger partial charge is 0.119 e. The van der Waals surface area contributed by atoms with E-state index in [9.17, 15) is 0 Å². The van der Waals surface area contributed by atoms with E-state index in [1.54, 1.807) is 0 Å². The van der Waals surface area contributed by atoms with Crippen LogP contribution in [0.1, 0.15) is 25.7 Å². The Labute approximate surface area is 55.1 Å². The molecule has 3 nitrogen and oxygen atoms in total. The van der Waals surface area contributed by atoms with Gasteiger partial charge in [-0.3, -0.25) is 0 Å². The highest BCUT2D eigenvalue weighted by Crippen LogP contribution is 2.02. The quantitative estimate of drug-likeness (QED) is 0.491. The van der Waals surface area contributed by atoms with Gasteiger partial charge in [0.25, 0.3) is 0 Å². The van der Waals surface area contributed by atoms with Gasteiger partial charge in [0.15, 0.2) is 0 Å². The van der Waals surface area contributed by atoms with E-state index in [0.717, 1.165) is 26.0 Å². The van der Waals surface area contributed by atoms with Crippen LogP contribution in [0.2, 0.25) is 0 Å². The van der Waals surface area contributed by atoms with Crippen molar-refractivity contribution >= 4 is 0 Å². The lowest BCUT2D eigenvalue weighted by Crippen LogP contribution is -1.85. The Hall–Kier alpha value is -0.600. The van der Waals surface area contributed by atoms with Crippen LogP contribution in [0.4, 0.5) is 0 Å². The van der Waals surface area contributed by atoms with Crippen molar-refractivity contribution < 1.29 is 4.84 Å². The molecule has 1 aliphatic heterocycles. The molecule has 52 valence electrons. The molecule has 0 saturated heterocycles. The van der Waals surface area contributed by atoms with E-state index >= 15 is 0 Å². The minimum absolute atomic E-state index is 0.740. The first-order valence-corrected chi connectivity index (χ1v) is 3.49. The third-order valence-electron chi connectivity index (χ3n) is 1.36. The van der Waals surface area contributed by atoms with E-state index in [-0.39, 0.29) is 0 Å². The van der Waals surface area contributed by atoms with Crippen LogP contribution >= 0.6 is 0 Å². The summed E-state index contributed by atoms with van der Waals surface area (Å²) in [6.07, 6.45) is 4.80. The lowest BCUT2D eigenvalue weighted by atomic mass is 10.2. The number of rotatable bonds is 0. The first kappa shape index (κ1) is 6.52. The van der Waals surface area contributed by atoms with Gasteiger partial charge in [-0.2, -0.15) is 5.11 Å². The maximum Gasteiger partial charge on any atom is 0.119 e. The minimum Gasteiger partial charge on any atom is -0.380 e. The highest BCUT2D eigenvalue weighted by atomic mass is 16.6. The summed E-state index contributed by atoms with van der Waals surface area (Å²) >= 11 is 0. The molecule has 9 heavy (non-hydrogen) atoms. The summed E-state index contributed by atoms with van der Waals surface area (Å²) in [6.45, 7) is 1.57. The molecule has 0 radical (unpaired) electrons. The van der Waals surface area contributed by atoms with E-state index in [1.165, 1.54) is 12.8 Å². The van der Waals surface area contributed by atoms with Crippen LogP contribution in [-0.4, -0.2) is 13.2 Å². The monoisotopic (exact) mass is 128 g/mol. The standard InChI is InChI=1S/C6H12N2O/c1-2-4-6-9-8-7-5-3-1/h1-6H2/b8-7-. The molecular weight excluding hydrogens is 116 g/mol. The second-order valence-corrected chi connectivity index (χ2v) is 2.19. The molecule has 0 aromatic heterocycles. The number of hydrogen-bond donors (Lipinski definition) is 0. The largest absolute Gasteiger partial charge is 0.380 e. The molecule has 0 amide bonds. The predicted octanol–water partition coefficient (Wildman–Crippen LogP) is 1.94. The van der Waals surface area contributed by atoms with E-state index in [4.69, 9.17) is 4.84 Å². The van der Waals surface area contributed by atoms with Crippen molar-refractivity contribution in [1.29, 1.82) is 0 Å². The zero-order chi connectivity index (χ0) is 6.36. The zero-order valence-electron chi connectivity index (χ0n) is 5.55. The van der Waals surface area contributed by atoms with E-state index in [1.807, 2.05) is 0 Å². The summed E-state index contributed by atoms with van der Waals surface area (Å²) in [4.78, 5) is 4.81. The Kier molecular flexibility index (Phi) is 3.11. The summed E-state index contributed by atoms with van der Waals surface area (Å²) in [7, 11) is 0. The van der Waals surface area contributed by atoms with Crippen LogP contribution in [-0.2, 0) is 4.84 Å². The first-order chi connectivity index (χ1) is 4.50. The van der Waals surface area contributed by atoms with Gasteiger partial charge in [0.2, 0.25) is 0 Å². The summed E-state index contributed by atoms with van der Waals surface area (Å²) < 4.78 is 0. The fourth-order valence-electron chi connectivity index (χ4n) is 0.825. The molecule has 0 spiro atoms. The minimum atomic E-state index is 0.740. The van der Waals surface area contributed by atoms with E-state index in [0.29, 0.717) is 0 Å². The summed E-state index contributed by atoms with van der Waals surface area (Å²) in [6, 6.07) is 0. The summed E-state index contributed by atoms with van der Waals surface area (Å²) in [5, 5.41) is 7.31. The first-order valence-electron chi connectivity index (χ1n) is 3.49. The number of nitrogens with zero attached hydrogens (tertiary/aromatic N) is 2. The fourth-order valence-corrected chi connectivity index (χ4v) is 0.825. The van der Waals surface area contributed by atoms with Gasteiger partial charge in [-0.15, -0.1) is 0 Å². The normalized spacial score (nSPS) is 24.9. The Morgan fingerprint density at radius 3 is 2.89 bits per heavy atom. The molecule has 0 bridgehead atoms. The van der Waals surface area contributed by atoms with Gasteiger partial charge in [-0.1, -0.05) is 6.42 Å². The maximum absolute atomic E-state index is 4.81. The third kappa shape index (κ3) is 3.06. The molecule has 0 atom stereocenters. The summed E-state index contributed by atoms with van der Waals surface area (Å²) in [5.74, 6) is 0. The van der Waals surface area contributed by atoms with Crippen molar-refractivity contribution in [2.45, 2.75) is 25.7 Å². The van der Waals surface area contributed by atoms with Crippen molar-refractivity contribution in [3.63, 3.8) is 0 Å². The van der Waals surface area contributed by atoms with Crippen molar-refractivity contribution in [2.75, 3.05) is 13.2 Å². The highest BCUT2D eigenvalue weighted by molar-refractivity contribution is 4.45. The Morgan fingerprint density at radius 2 is 1.89 bits per heavy atom. The molecular formula is C6H12N2O. The SMILES string of the molecule is C1CCCO/N=N\CC1. The average Bonchev–Trinajstić information content (AvgIpc) is 2.00. The Bertz CT molecular complexity index is 83.1. The average molecular weight is 128 g/mol. The molecule has 0 fully saturated rings. The van der Waals surface area contributed by atoms with Crippen LogP contribution in [0.3, 0.4) is 0 Å². The van der Waals surface area contributed by atoms with Crippen LogP contribution in [0.25, 0.3) is 0 Å². The molecule has 1 rings (SSSR count). The second kappa shape index (κ2) is 4.30. The molecule has 1 aliphatic rings. The van der Waals surface area contributed by atoms with Crippen molar-refractivity contribution in [2.24, 2.45) is 10.4 Å². The second-order valence-electron chi connectivity index (χ2n) is 2.19. The Balaban J connectivity index is 2.15.